The number of nitrogens with two attached hydrogens (primary N) is 2. The van der Waals surface area contributed by atoms with Gasteiger partial charge in [-0.3, -0.25) is 16.6 Å². The maximum atomic E-state index is 8.48. The Morgan fingerprint density at radius 3 is 1.17 bits per heavy atom. The van der Waals surface area contributed by atoms with Gasteiger partial charge in [-0.25, -0.2) is 0 Å². The second kappa shape index (κ2) is 13.4. The Morgan fingerprint density at radius 1 is 0.750 bits per heavy atom. The average Bonchev–Trinajstić information content (AvgIpc) is 2.10. The first-order chi connectivity index (χ1) is 5.85. The lowest BCUT2D eigenvalue weighted by atomic mass is 10.4. The number of aliphatic hydroxyl groups excluding tert-OH is 3. The molecule has 0 aromatic heterocycles. The van der Waals surface area contributed by atoms with Crippen LogP contribution in [0, 0.1) is 0 Å². The van der Waals surface area contributed by atoms with Crippen LogP contribution in [0.2, 0.25) is 0 Å². The van der Waals surface area contributed by atoms with Crippen LogP contribution in [0.4, 0.5) is 0 Å². The summed E-state index contributed by atoms with van der Waals surface area (Å²) >= 11 is 0. The van der Waals surface area contributed by atoms with E-state index < -0.39 is 0 Å². The smallest absolute Gasteiger partial charge is 0.0558 e. The van der Waals surface area contributed by atoms with Crippen LogP contribution in [0.25, 0.3) is 0 Å². The Kier molecular flexibility index (Phi) is 15.9. The molecule has 0 aromatic carbocycles. The number of hydrogen-bond donors (Lipinski definition) is 5. The number of nitrogens with zero attached hydrogens (tertiary/aromatic N) is 1. The van der Waals surface area contributed by atoms with Crippen LogP contribution in [0.1, 0.15) is 0 Å². The van der Waals surface area contributed by atoms with Crippen molar-refractivity contribution in [3.05, 3.63) is 0 Å². The molecular weight excluding hydrogens is 162 g/mol. The number of aliphatic hydroxyl groups is 3. The van der Waals surface area contributed by atoms with Crippen molar-refractivity contribution in [2.45, 2.75) is 0 Å². The Morgan fingerprint density at radius 2 is 1.00 bits per heavy atom. The molecule has 12 heavy (non-hydrogen) atoms. The summed E-state index contributed by atoms with van der Waals surface area (Å²) < 4.78 is 0. The molecule has 0 bridgehead atoms. The van der Waals surface area contributed by atoms with Crippen molar-refractivity contribution in [3.63, 3.8) is 0 Å². The van der Waals surface area contributed by atoms with Gasteiger partial charge in [0, 0.05) is 19.6 Å². The molecule has 0 aliphatic carbocycles. The largest absolute Gasteiger partial charge is 0.395 e. The predicted octanol–water partition coefficient (Wildman–Crippen LogP) is -2.92. The zero-order valence-corrected chi connectivity index (χ0v) is 7.19. The minimum Gasteiger partial charge on any atom is -0.395 e. The van der Waals surface area contributed by atoms with E-state index in [4.69, 9.17) is 15.3 Å². The summed E-state index contributed by atoms with van der Waals surface area (Å²) in [5, 5.41) is 25.5. The summed E-state index contributed by atoms with van der Waals surface area (Å²) in [6.45, 7) is 1.75. The Labute approximate surface area is 72.4 Å². The maximum absolute atomic E-state index is 8.48. The molecule has 0 atom stereocenters. The van der Waals surface area contributed by atoms with Crippen LogP contribution in [-0.4, -0.2) is 59.7 Å². The normalized spacial score (nSPS) is 9.50. The zero-order chi connectivity index (χ0) is 9.82. The van der Waals surface area contributed by atoms with Crippen LogP contribution >= 0.6 is 0 Å². The quantitative estimate of drug-likeness (QED) is 0.221. The van der Waals surface area contributed by atoms with E-state index in [0.717, 1.165) is 0 Å². The molecule has 0 heterocycles. The molecule has 0 amide bonds. The highest BCUT2D eigenvalue weighted by Crippen LogP contribution is 1.84. The van der Waals surface area contributed by atoms with E-state index in [-0.39, 0.29) is 19.8 Å². The first kappa shape index (κ1) is 14.3. The van der Waals surface area contributed by atoms with Crippen LogP contribution in [-0.2, 0) is 0 Å². The van der Waals surface area contributed by atoms with Gasteiger partial charge < -0.3 is 15.3 Å². The molecule has 76 valence electrons. The van der Waals surface area contributed by atoms with Crippen molar-refractivity contribution >= 4 is 0 Å². The lowest BCUT2D eigenvalue weighted by Gasteiger charge is -2.17. The van der Waals surface area contributed by atoms with Gasteiger partial charge in [0.05, 0.1) is 19.8 Å². The molecule has 0 rings (SSSR count). The maximum Gasteiger partial charge on any atom is 0.0558 e. The van der Waals surface area contributed by atoms with E-state index in [1.165, 1.54) is 0 Å². The van der Waals surface area contributed by atoms with Crippen molar-refractivity contribution in [1.82, 2.24) is 4.90 Å². The zero-order valence-electron chi connectivity index (χ0n) is 7.19. The third-order valence-electron chi connectivity index (χ3n) is 1.25. The second-order valence-corrected chi connectivity index (χ2v) is 2.01. The minimum absolute atomic E-state index is 0.0694. The van der Waals surface area contributed by atoms with Gasteiger partial charge in [-0.2, -0.15) is 0 Å². The highest BCUT2D eigenvalue weighted by atomic mass is 16.3. The summed E-state index contributed by atoms with van der Waals surface area (Å²) in [6.07, 6.45) is 0. The lowest BCUT2D eigenvalue weighted by molar-refractivity contribution is 0.136. The van der Waals surface area contributed by atoms with Crippen LogP contribution in [0.3, 0.4) is 0 Å². The molecule has 0 aromatic rings. The SMILES string of the molecule is NN.OCCN(CCO)CCO. The number of hydrazine groups is 1. The standard InChI is InChI=1S/C6H15NO3.H4N2/c8-4-1-7(2-5-9)3-6-10;1-2/h8-10H,1-6H2;1-2H2. The average molecular weight is 181 g/mol. The van der Waals surface area contributed by atoms with E-state index in [2.05, 4.69) is 11.7 Å². The summed E-state index contributed by atoms with van der Waals surface area (Å²) in [5.74, 6) is 8.00. The fraction of sp³-hybridized carbons (Fsp3) is 1.00. The highest BCUT2D eigenvalue weighted by Gasteiger charge is 2.00. The van der Waals surface area contributed by atoms with Crippen LogP contribution in [0.5, 0.6) is 0 Å². The van der Waals surface area contributed by atoms with Crippen molar-refractivity contribution in [3.8, 4) is 0 Å². The molecule has 0 radical (unpaired) electrons. The molecule has 0 aliphatic heterocycles. The van der Waals surface area contributed by atoms with E-state index in [1.807, 2.05) is 0 Å². The molecule has 0 saturated heterocycles. The predicted molar refractivity (Wildman–Crippen MR) is 46.1 cm³/mol. The van der Waals surface area contributed by atoms with Crippen molar-refractivity contribution in [2.24, 2.45) is 11.7 Å². The molecule has 7 N–H and O–H groups in total. The van der Waals surface area contributed by atoms with Gasteiger partial charge in [-0.05, 0) is 0 Å². The fourth-order valence-corrected chi connectivity index (χ4v) is 0.760. The van der Waals surface area contributed by atoms with Gasteiger partial charge in [-0.1, -0.05) is 0 Å². The first-order valence-electron chi connectivity index (χ1n) is 3.73. The second-order valence-electron chi connectivity index (χ2n) is 2.01. The van der Waals surface area contributed by atoms with Gasteiger partial charge in [0.2, 0.25) is 0 Å². The molecular formula is C6H19N3O3. The van der Waals surface area contributed by atoms with Gasteiger partial charge in [0.1, 0.15) is 0 Å². The van der Waals surface area contributed by atoms with Crippen LogP contribution < -0.4 is 11.7 Å². The molecule has 0 fully saturated rings. The Bertz CT molecular complexity index is 60.8. The lowest BCUT2D eigenvalue weighted by Crippen LogP contribution is -2.32. The summed E-state index contributed by atoms with van der Waals surface area (Å²) in [4.78, 5) is 1.79. The van der Waals surface area contributed by atoms with E-state index >= 15 is 0 Å². The number of hydrogen-bond acceptors (Lipinski definition) is 6. The monoisotopic (exact) mass is 181 g/mol. The number of rotatable bonds is 6. The summed E-state index contributed by atoms with van der Waals surface area (Å²) in [7, 11) is 0. The van der Waals surface area contributed by atoms with Crippen LogP contribution in [0.15, 0.2) is 0 Å². The van der Waals surface area contributed by atoms with Gasteiger partial charge in [-0.15, -0.1) is 0 Å². The Balaban J connectivity index is 0. The molecule has 0 unspecified atom stereocenters. The molecule has 6 heteroatoms. The molecule has 0 saturated carbocycles. The summed E-state index contributed by atoms with van der Waals surface area (Å²) in [5.41, 5.74) is 0. The van der Waals surface area contributed by atoms with E-state index in [9.17, 15) is 0 Å². The van der Waals surface area contributed by atoms with Crippen molar-refractivity contribution in [1.29, 1.82) is 0 Å². The third kappa shape index (κ3) is 9.76. The summed E-state index contributed by atoms with van der Waals surface area (Å²) in [6, 6.07) is 0. The van der Waals surface area contributed by atoms with E-state index in [0.29, 0.717) is 19.6 Å². The molecule has 0 aliphatic rings. The molecule has 6 nitrogen and oxygen atoms in total. The van der Waals surface area contributed by atoms with Gasteiger partial charge in [0.15, 0.2) is 0 Å². The van der Waals surface area contributed by atoms with Gasteiger partial charge in [0.25, 0.3) is 0 Å². The molecule has 0 spiro atoms. The van der Waals surface area contributed by atoms with Gasteiger partial charge >= 0.3 is 0 Å². The van der Waals surface area contributed by atoms with Crippen molar-refractivity contribution in [2.75, 3.05) is 39.5 Å². The highest BCUT2D eigenvalue weighted by molar-refractivity contribution is 4.54. The van der Waals surface area contributed by atoms with E-state index in [1.54, 1.807) is 4.90 Å². The fourth-order valence-electron chi connectivity index (χ4n) is 0.760. The minimum atomic E-state index is 0.0694. The Hall–Kier alpha value is -0.240. The third-order valence-corrected chi connectivity index (χ3v) is 1.25. The van der Waals surface area contributed by atoms with Crippen molar-refractivity contribution < 1.29 is 15.3 Å². The topological polar surface area (TPSA) is 116 Å². The first-order valence-corrected chi connectivity index (χ1v) is 3.73.